The zero-order valence-electron chi connectivity index (χ0n) is 11.4. The van der Waals surface area contributed by atoms with Gasteiger partial charge in [0.15, 0.2) is 0 Å². The van der Waals surface area contributed by atoms with Gasteiger partial charge in [-0.2, -0.15) is 0 Å². The number of rotatable bonds is 5. The first-order valence-corrected chi connectivity index (χ1v) is 7.49. The molecule has 2 aromatic rings. The lowest BCUT2D eigenvalue weighted by atomic mass is 10.1. The fraction of sp³-hybridized carbons (Fsp3) is 0.312. The second kappa shape index (κ2) is 6.83. The van der Waals surface area contributed by atoms with E-state index in [9.17, 15) is 0 Å². The molecule has 0 saturated carbocycles. The lowest BCUT2D eigenvalue weighted by molar-refractivity contribution is 0.762. The van der Waals surface area contributed by atoms with E-state index < -0.39 is 0 Å². The summed E-state index contributed by atoms with van der Waals surface area (Å²) in [5.41, 5.74) is 3.64. The number of fused-ring (bicyclic) bond motifs is 1. The summed E-state index contributed by atoms with van der Waals surface area (Å²) < 4.78 is 1.09. The van der Waals surface area contributed by atoms with Gasteiger partial charge in [0.1, 0.15) is 0 Å². The minimum atomic E-state index is 0.942. The van der Waals surface area contributed by atoms with E-state index in [1.807, 2.05) is 12.3 Å². The van der Waals surface area contributed by atoms with Gasteiger partial charge >= 0.3 is 0 Å². The first-order chi connectivity index (χ1) is 9.26. The van der Waals surface area contributed by atoms with Crippen molar-refractivity contribution in [3.8, 4) is 0 Å². The van der Waals surface area contributed by atoms with Gasteiger partial charge in [-0.25, -0.2) is 0 Å². The van der Waals surface area contributed by atoms with Gasteiger partial charge in [0.25, 0.3) is 0 Å². The van der Waals surface area contributed by atoms with Crippen LogP contribution in [-0.2, 0) is 0 Å². The van der Waals surface area contributed by atoms with E-state index >= 15 is 0 Å². The van der Waals surface area contributed by atoms with Crippen LogP contribution in [0.25, 0.3) is 17.0 Å². The Hall–Kier alpha value is -1.19. The largest absolute Gasteiger partial charge is 0.313 e. The molecule has 2 nitrogen and oxygen atoms in total. The maximum Gasteiger partial charge on any atom is 0.0785 e. The normalized spacial score (nSPS) is 12.1. The Morgan fingerprint density at radius 1 is 1.32 bits per heavy atom. The van der Waals surface area contributed by atoms with E-state index in [1.54, 1.807) is 0 Å². The Kier molecular flexibility index (Phi) is 5.11. The highest BCUT2D eigenvalue weighted by Crippen LogP contribution is 2.26. The molecule has 0 aliphatic heterocycles. The molecule has 0 amide bonds. The molecular weight excluding hydrogens is 300 g/mol. The monoisotopic (exact) mass is 318 g/mol. The van der Waals surface area contributed by atoms with Gasteiger partial charge in [-0.1, -0.05) is 53.6 Å². The molecule has 0 spiro atoms. The average molecular weight is 319 g/mol. The van der Waals surface area contributed by atoms with E-state index in [2.05, 4.69) is 64.4 Å². The van der Waals surface area contributed by atoms with Crippen molar-refractivity contribution >= 4 is 32.9 Å². The number of hydrogen-bond acceptors (Lipinski definition) is 2. The Balaban J connectivity index is 2.45. The van der Waals surface area contributed by atoms with Crippen molar-refractivity contribution in [1.82, 2.24) is 10.3 Å². The van der Waals surface area contributed by atoms with Gasteiger partial charge in [-0.3, -0.25) is 4.98 Å². The summed E-state index contributed by atoms with van der Waals surface area (Å²) in [6, 6.07) is 8.29. The van der Waals surface area contributed by atoms with Gasteiger partial charge in [0.2, 0.25) is 0 Å². The Morgan fingerprint density at radius 3 is 2.89 bits per heavy atom. The minimum absolute atomic E-state index is 0.942. The average Bonchev–Trinajstić information content (AvgIpc) is 2.46. The Labute approximate surface area is 123 Å². The van der Waals surface area contributed by atoms with Crippen LogP contribution in [0.1, 0.15) is 25.8 Å². The molecule has 3 heteroatoms. The van der Waals surface area contributed by atoms with Crippen LogP contribution in [0.15, 0.2) is 40.5 Å². The predicted molar refractivity (Wildman–Crippen MR) is 86.3 cm³/mol. The maximum atomic E-state index is 4.51. The third-order valence-electron chi connectivity index (χ3n) is 3.16. The van der Waals surface area contributed by atoms with Crippen LogP contribution in [0, 0.1) is 0 Å². The predicted octanol–water partition coefficient (Wildman–Crippen LogP) is 4.40. The van der Waals surface area contributed by atoms with E-state index in [-0.39, 0.29) is 0 Å². The molecule has 1 N–H and O–H groups in total. The molecule has 19 heavy (non-hydrogen) atoms. The molecule has 0 saturated heterocycles. The van der Waals surface area contributed by atoms with E-state index in [4.69, 9.17) is 0 Å². The first-order valence-electron chi connectivity index (χ1n) is 6.69. The number of aromatic nitrogens is 1. The zero-order chi connectivity index (χ0) is 13.7. The molecule has 2 rings (SSSR count). The lowest BCUT2D eigenvalue weighted by Crippen LogP contribution is -2.15. The summed E-state index contributed by atoms with van der Waals surface area (Å²) in [4.78, 5) is 4.51. The highest BCUT2D eigenvalue weighted by molar-refractivity contribution is 9.10. The molecule has 1 aromatic heterocycles. The van der Waals surface area contributed by atoms with Crippen molar-refractivity contribution in [1.29, 1.82) is 0 Å². The van der Waals surface area contributed by atoms with Crippen molar-refractivity contribution in [2.45, 2.75) is 20.3 Å². The van der Waals surface area contributed by atoms with Crippen LogP contribution in [0.2, 0.25) is 0 Å². The van der Waals surface area contributed by atoms with Crippen LogP contribution in [0.5, 0.6) is 0 Å². The van der Waals surface area contributed by atoms with Crippen LogP contribution >= 0.6 is 15.9 Å². The number of hydrogen-bond donors (Lipinski definition) is 1. The summed E-state index contributed by atoms with van der Waals surface area (Å²) in [7, 11) is 0. The topological polar surface area (TPSA) is 24.9 Å². The molecule has 0 radical (unpaired) electrons. The van der Waals surface area contributed by atoms with Gasteiger partial charge in [-0.05, 0) is 25.1 Å². The van der Waals surface area contributed by atoms with Crippen molar-refractivity contribution in [3.63, 3.8) is 0 Å². The van der Waals surface area contributed by atoms with Gasteiger partial charge in [0, 0.05) is 28.2 Å². The van der Waals surface area contributed by atoms with Crippen LogP contribution in [-0.4, -0.2) is 18.1 Å². The number of nitrogens with one attached hydrogen (secondary N) is 1. The fourth-order valence-electron chi connectivity index (χ4n) is 2.06. The van der Waals surface area contributed by atoms with Crippen molar-refractivity contribution in [3.05, 3.63) is 46.1 Å². The third kappa shape index (κ3) is 3.43. The zero-order valence-corrected chi connectivity index (χ0v) is 13.0. The van der Waals surface area contributed by atoms with Crippen molar-refractivity contribution < 1.29 is 0 Å². The highest BCUT2D eigenvalue weighted by atomic mass is 79.9. The third-order valence-corrected chi connectivity index (χ3v) is 3.85. The summed E-state index contributed by atoms with van der Waals surface area (Å²) in [6.07, 6.45) is 5.16. The van der Waals surface area contributed by atoms with Crippen LogP contribution in [0.3, 0.4) is 0 Å². The van der Waals surface area contributed by atoms with E-state index in [1.165, 1.54) is 11.1 Å². The number of nitrogens with zero attached hydrogens (tertiary/aromatic N) is 1. The first kappa shape index (κ1) is 14.2. The lowest BCUT2D eigenvalue weighted by Gasteiger charge is -2.08. The molecule has 0 bridgehead atoms. The molecule has 0 aliphatic carbocycles. The van der Waals surface area contributed by atoms with Crippen molar-refractivity contribution in [2.24, 2.45) is 0 Å². The number of pyridine rings is 1. The molecule has 0 atom stereocenters. The summed E-state index contributed by atoms with van der Waals surface area (Å²) >= 11 is 3.58. The Morgan fingerprint density at radius 2 is 2.16 bits per heavy atom. The number of likely N-dealkylation sites (N-methyl/N-ethyl adjacent to an activating group) is 1. The van der Waals surface area contributed by atoms with E-state index in [0.717, 1.165) is 34.9 Å². The van der Waals surface area contributed by atoms with Gasteiger partial charge < -0.3 is 5.32 Å². The maximum absolute atomic E-state index is 4.51. The standard InChI is InChI=1S/C16H19BrN2/c1-3-12(11-18-4-2)10-13-7-8-15(17)14-6-5-9-19-16(13)14/h5-10,18H,3-4,11H2,1-2H3/b12-10+. The Bertz CT molecular complexity index is 590. The number of halogens is 1. The SMILES string of the molecule is CCNC/C(=C/c1ccc(Br)c2cccnc12)CC. The number of benzene rings is 1. The summed E-state index contributed by atoms with van der Waals surface area (Å²) in [5, 5.41) is 4.54. The fourth-order valence-corrected chi connectivity index (χ4v) is 2.51. The van der Waals surface area contributed by atoms with Crippen LogP contribution in [0.4, 0.5) is 0 Å². The summed E-state index contributed by atoms with van der Waals surface area (Å²) in [6.45, 7) is 6.26. The molecule has 100 valence electrons. The molecular formula is C16H19BrN2. The highest BCUT2D eigenvalue weighted by Gasteiger charge is 2.04. The van der Waals surface area contributed by atoms with Crippen molar-refractivity contribution in [2.75, 3.05) is 13.1 Å². The minimum Gasteiger partial charge on any atom is -0.313 e. The molecule has 0 fully saturated rings. The summed E-state index contributed by atoms with van der Waals surface area (Å²) in [5.74, 6) is 0. The smallest absolute Gasteiger partial charge is 0.0785 e. The second-order valence-corrected chi connectivity index (χ2v) is 5.33. The second-order valence-electron chi connectivity index (χ2n) is 4.47. The van der Waals surface area contributed by atoms with Gasteiger partial charge in [0.05, 0.1) is 5.52 Å². The quantitative estimate of drug-likeness (QED) is 0.883. The molecule has 0 unspecified atom stereocenters. The van der Waals surface area contributed by atoms with E-state index in [0.29, 0.717) is 0 Å². The molecule has 1 heterocycles. The molecule has 1 aromatic carbocycles. The molecule has 0 aliphatic rings. The van der Waals surface area contributed by atoms with Gasteiger partial charge in [-0.15, -0.1) is 0 Å². The van der Waals surface area contributed by atoms with Crippen LogP contribution < -0.4 is 5.32 Å².